The molecule has 0 amide bonds. The first-order valence-corrected chi connectivity index (χ1v) is 7.06. The smallest absolute Gasteiger partial charge is 0.146 e. The number of halogens is 1. The third-order valence-electron chi connectivity index (χ3n) is 3.37. The van der Waals surface area contributed by atoms with Gasteiger partial charge in [0, 0.05) is 6.07 Å². The van der Waals surface area contributed by atoms with Crippen molar-refractivity contribution in [2.24, 2.45) is 0 Å². The number of aromatic nitrogens is 2. The summed E-state index contributed by atoms with van der Waals surface area (Å²) in [6.07, 6.45) is 0. The van der Waals surface area contributed by atoms with Gasteiger partial charge in [0.15, 0.2) is 0 Å². The van der Waals surface area contributed by atoms with Gasteiger partial charge in [0.05, 0.1) is 31.3 Å². The SMILES string of the molecule is COc1cccc(-n2c(CCl)nc3c(OC)cccc32)c1. The van der Waals surface area contributed by atoms with E-state index in [4.69, 9.17) is 21.1 Å². The zero-order valence-corrected chi connectivity index (χ0v) is 12.6. The number of nitrogens with zero attached hydrogens (tertiary/aromatic N) is 2. The Morgan fingerprint density at radius 3 is 2.62 bits per heavy atom. The molecular formula is C16H15ClN2O2. The zero-order chi connectivity index (χ0) is 14.8. The van der Waals surface area contributed by atoms with Crippen LogP contribution in [0.25, 0.3) is 16.7 Å². The molecule has 0 bridgehead atoms. The van der Waals surface area contributed by atoms with E-state index in [0.29, 0.717) is 5.88 Å². The van der Waals surface area contributed by atoms with Gasteiger partial charge in [-0.15, -0.1) is 11.6 Å². The Kier molecular flexibility index (Phi) is 3.71. The van der Waals surface area contributed by atoms with E-state index in [1.165, 1.54) is 0 Å². The number of fused-ring (bicyclic) bond motifs is 1. The predicted octanol–water partition coefficient (Wildman–Crippen LogP) is 3.78. The molecule has 2 aromatic carbocycles. The summed E-state index contributed by atoms with van der Waals surface area (Å²) in [6, 6.07) is 13.6. The Morgan fingerprint density at radius 1 is 1.10 bits per heavy atom. The minimum absolute atomic E-state index is 0.315. The number of imidazole rings is 1. The summed E-state index contributed by atoms with van der Waals surface area (Å²) in [5.74, 6) is 2.61. The fraction of sp³-hybridized carbons (Fsp3) is 0.188. The molecule has 0 aliphatic rings. The zero-order valence-electron chi connectivity index (χ0n) is 11.8. The summed E-state index contributed by atoms with van der Waals surface area (Å²) in [6.45, 7) is 0. The average molecular weight is 303 g/mol. The lowest BCUT2D eigenvalue weighted by atomic mass is 10.2. The van der Waals surface area contributed by atoms with Gasteiger partial charge in [0.1, 0.15) is 22.8 Å². The number of para-hydroxylation sites is 1. The maximum atomic E-state index is 6.07. The highest BCUT2D eigenvalue weighted by molar-refractivity contribution is 6.17. The highest BCUT2D eigenvalue weighted by Crippen LogP contribution is 2.30. The summed E-state index contributed by atoms with van der Waals surface area (Å²) in [5, 5.41) is 0. The number of hydrogen-bond acceptors (Lipinski definition) is 3. The molecule has 0 aliphatic carbocycles. The molecule has 0 aliphatic heterocycles. The highest BCUT2D eigenvalue weighted by Gasteiger charge is 2.15. The minimum atomic E-state index is 0.315. The van der Waals surface area contributed by atoms with Gasteiger partial charge in [-0.2, -0.15) is 0 Å². The summed E-state index contributed by atoms with van der Waals surface area (Å²) in [5.41, 5.74) is 2.72. The van der Waals surface area contributed by atoms with Gasteiger partial charge >= 0.3 is 0 Å². The van der Waals surface area contributed by atoms with Crippen LogP contribution in [0.4, 0.5) is 0 Å². The van der Waals surface area contributed by atoms with E-state index in [1.54, 1.807) is 14.2 Å². The largest absolute Gasteiger partial charge is 0.497 e. The molecule has 0 spiro atoms. The predicted molar refractivity (Wildman–Crippen MR) is 83.7 cm³/mol. The summed E-state index contributed by atoms with van der Waals surface area (Å²) in [4.78, 5) is 4.60. The van der Waals surface area contributed by atoms with Crippen LogP contribution in [0.3, 0.4) is 0 Å². The van der Waals surface area contributed by atoms with E-state index >= 15 is 0 Å². The van der Waals surface area contributed by atoms with Gasteiger partial charge in [-0.3, -0.25) is 4.57 Å². The molecule has 0 saturated carbocycles. The monoisotopic (exact) mass is 302 g/mol. The van der Waals surface area contributed by atoms with Crippen molar-refractivity contribution < 1.29 is 9.47 Å². The standard InChI is InChI=1S/C16H15ClN2O2/c1-20-12-6-3-5-11(9-12)19-13-7-4-8-14(21-2)16(13)18-15(19)10-17/h3-9H,10H2,1-2H3. The molecule has 1 aromatic heterocycles. The van der Waals surface area contributed by atoms with Crippen LogP contribution >= 0.6 is 11.6 Å². The molecular weight excluding hydrogens is 288 g/mol. The minimum Gasteiger partial charge on any atom is -0.497 e. The molecule has 3 aromatic rings. The quantitative estimate of drug-likeness (QED) is 0.688. The van der Waals surface area contributed by atoms with Crippen LogP contribution in [-0.4, -0.2) is 23.8 Å². The van der Waals surface area contributed by atoms with Crippen molar-refractivity contribution in [3.8, 4) is 17.2 Å². The van der Waals surface area contributed by atoms with Crippen molar-refractivity contribution in [2.75, 3.05) is 14.2 Å². The van der Waals surface area contributed by atoms with Crippen LogP contribution in [0.1, 0.15) is 5.82 Å². The summed E-state index contributed by atoms with van der Waals surface area (Å²) in [7, 11) is 3.29. The molecule has 0 radical (unpaired) electrons. The van der Waals surface area contributed by atoms with Crippen molar-refractivity contribution in [1.29, 1.82) is 0 Å². The average Bonchev–Trinajstić information content (AvgIpc) is 2.93. The molecule has 3 rings (SSSR count). The second-order valence-corrected chi connectivity index (χ2v) is 4.79. The lowest BCUT2D eigenvalue weighted by Crippen LogP contribution is -1.99. The van der Waals surface area contributed by atoms with Crippen molar-refractivity contribution >= 4 is 22.6 Å². The number of alkyl halides is 1. The van der Waals surface area contributed by atoms with Crippen LogP contribution in [0, 0.1) is 0 Å². The van der Waals surface area contributed by atoms with Gasteiger partial charge in [-0.05, 0) is 24.3 Å². The molecule has 1 heterocycles. The molecule has 0 atom stereocenters. The molecule has 4 nitrogen and oxygen atoms in total. The first-order chi connectivity index (χ1) is 10.3. The third-order valence-corrected chi connectivity index (χ3v) is 3.61. The van der Waals surface area contributed by atoms with Crippen LogP contribution in [0.2, 0.25) is 0 Å². The van der Waals surface area contributed by atoms with E-state index in [2.05, 4.69) is 4.98 Å². The lowest BCUT2D eigenvalue weighted by Gasteiger charge is -2.09. The normalized spacial score (nSPS) is 10.8. The fourth-order valence-corrected chi connectivity index (χ4v) is 2.59. The van der Waals surface area contributed by atoms with E-state index < -0.39 is 0 Å². The van der Waals surface area contributed by atoms with E-state index in [9.17, 15) is 0 Å². The molecule has 0 unspecified atom stereocenters. The molecule has 0 N–H and O–H groups in total. The van der Waals surface area contributed by atoms with Crippen molar-refractivity contribution in [1.82, 2.24) is 9.55 Å². The number of hydrogen-bond donors (Lipinski definition) is 0. The highest BCUT2D eigenvalue weighted by atomic mass is 35.5. The second-order valence-electron chi connectivity index (χ2n) is 4.53. The van der Waals surface area contributed by atoms with Gasteiger partial charge in [-0.1, -0.05) is 12.1 Å². The van der Waals surface area contributed by atoms with Crippen molar-refractivity contribution in [3.05, 3.63) is 48.3 Å². The summed E-state index contributed by atoms with van der Waals surface area (Å²) >= 11 is 6.07. The third kappa shape index (κ3) is 2.32. The molecule has 0 saturated heterocycles. The van der Waals surface area contributed by atoms with Crippen LogP contribution in [0.5, 0.6) is 11.5 Å². The topological polar surface area (TPSA) is 36.3 Å². The number of rotatable bonds is 4. The first kappa shape index (κ1) is 13.8. The van der Waals surface area contributed by atoms with Crippen LogP contribution in [0.15, 0.2) is 42.5 Å². The maximum absolute atomic E-state index is 6.07. The van der Waals surface area contributed by atoms with Crippen LogP contribution in [-0.2, 0) is 5.88 Å². The molecule has 21 heavy (non-hydrogen) atoms. The Labute approximate surface area is 127 Å². The number of ether oxygens (including phenoxy) is 2. The Bertz CT molecular complexity index is 783. The van der Waals surface area contributed by atoms with Gasteiger partial charge < -0.3 is 9.47 Å². The number of benzene rings is 2. The Morgan fingerprint density at radius 2 is 1.90 bits per heavy atom. The van der Waals surface area contributed by atoms with Crippen molar-refractivity contribution in [2.45, 2.75) is 5.88 Å². The summed E-state index contributed by atoms with van der Waals surface area (Å²) < 4.78 is 12.7. The fourth-order valence-electron chi connectivity index (χ4n) is 2.41. The molecule has 0 fully saturated rings. The molecule has 5 heteroatoms. The van der Waals surface area contributed by atoms with Crippen molar-refractivity contribution in [3.63, 3.8) is 0 Å². The first-order valence-electron chi connectivity index (χ1n) is 6.53. The maximum Gasteiger partial charge on any atom is 0.146 e. The lowest BCUT2D eigenvalue weighted by molar-refractivity contribution is 0.414. The second kappa shape index (κ2) is 5.66. The van der Waals surface area contributed by atoms with E-state index in [1.807, 2.05) is 47.0 Å². The Hall–Kier alpha value is -2.20. The van der Waals surface area contributed by atoms with Gasteiger partial charge in [0.25, 0.3) is 0 Å². The Balaban J connectivity index is 2.30. The van der Waals surface area contributed by atoms with E-state index in [-0.39, 0.29) is 0 Å². The molecule has 108 valence electrons. The van der Waals surface area contributed by atoms with E-state index in [0.717, 1.165) is 34.0 Å². The van der Waals surface area contributed by atoms with Crippen LogP contribution < -0.4 is 9.47 Å². The van der Waals surface area contributed by atoms with Gasteiger partial charge in [-0.25, -0.2) is 4.98 Å². The number of methoxy groups -OCH3 is 2. The van der Waals surface area contributed by atoms with Gasteiger partial charge in [0.2, 0.25) is 0 Å².